The first-order valence-corrected chi connectivity index (χ1v) is 6.92. The summed E-state index contributed by atoms with van der Waals surface area (Å²) in [5.41, 5.74) is 8.42. The summed E-state index contributed by atoms with van der Waals surface area (Å²) in [7, 11) is 0. The lowest BCUT2D eigenvalue weighted by Gasteiger charge is -2.22. The molecule has 5 nitrogen and oxygen atoms in total. The van der Waals surface area contributed by atoms with Crippen molar-refractivity contribution < 1.29 is 9.53 Å². The van der Waals surface area contributed by atoms with E-state index in [1.807, 2.05) is 31.2 Å². The van der Waals surface area contributed by atoms with Gasteiger partial charge >= 0.3 is 0 Å². The number of carbonyl (C=O) groups excluding carboxylic acids is 1. The summed E-state index contributed by atoms with van der Waals surface area (Å²) >= 11 is 0. The number of nitrogens with zero attached hydrogens (tertiary/aromatic N) is 2. The van der Waals surface area contributed by atoms with Gasteiger partial charge < -0.3 is 15.4 Å². The molecule has 0 bridgehead atoms. The lowest BCUT2D eigenvalue weighted by atomic mass is 10.1. The molecule has 0 fully saturated rings. The summed E-state index contributed by atoms with van der Waals surface area (Å²) in [4.78, 5) is 18.7. The van der Waals surface area contributed by atoms with Crippen molar-refractivity contribution in [2.45, 2.75) is 13.3 Å². The van der Waals surface area contributed by atoms with Gasteiger partial charge in [0.15, 0.2) is 0 Å². The van der Waals surface area contributed by atoms with E-state index in [2.05, 4.69) is 4.98 Å². The Morgan fingerprint density at radius 3 is 3.00 bits per heavy atom. The minimum Gasteiger partial charge on any atom is -0.491 e. The number of amides is 1. The monoisotopic (exact) mass is 283 g/mol. The Balaban J connectivity index is 2.01. The maximum Gasteiger partial charge on any atom is 0.262 e. The average molecular weight is 283 g/mol. The van der Waals surface area contributed by atoms with E-state index in [1.165, 1.54) is 0 Å². The highest BCUT2D eigenvalue weighted by Crippen LogP contribution is 2.32. The number of hydrogen-bond donors (Lipinski definition) is 1. The van der Waals surface area contributed by atoms with Crippen molar-refractivity contribution in [3.8, 4) is 5.75 Å². The van der Waals surface area contributed by atoms with E-state index in [0.717, 1.165) is 23.6 Å². The fourth-order valence-corrected chi connectivity index (χ4v) is 2.44. The van der Waals surface area contributed by atoms with Gasteiger partial charge in [-0.3, -0.25) is 9.78 Å². The van der Waals surface area contributed by atoms with Crippen molar-refractivity contribution in [1.82, 2.24) is 4.98 Å². The van der Waals surface area contributed by atoms with E-state index in [4.69, 9.17) is 10.5 Å². The van der Waals surface area contributed by atoms with Crippen LogP contribution in [0.25, 0.3) is 0 Å². The number of benzene rings is 1. The molecule has 2 N–H and O–H groups in total. The molecule has 0 spiro atoms. The van der Waals surface area contributed by atoms with Crippen molar-refractivity contribution in [2.75, 3.05) is 23.8 Å². The molecular weight excluding hydrogens is 266 g/mol. The largest absolute Gasteiger partial charge is 0.491 e. The van der Waals surface area contributed by atoms with Crippen LogP contribution < -0.4 is 15.4 Å². The molecular formula is C16H17N3O2. The van der Waals surface area contributed by atoms with Crippen molar-refractivity contribution >= 4 is 17.3 Å². The molecule has 108 valence electrons. The molecule has 1 aliphatic rings. The molecule has 0 saturated carbocycles. The number of ether oxygens (including phenoxy) is 1. The molecule has 1 amide bonds. The summed E-state index contributed by atoms with van der Waals surface area (Å²) in [5, 5.41) is 0. The number of hydrogen-bond acceptors (Lipinski definition) is 4. The van der Waals surface area contributed by atoms with Crippen molar-refractivity contribution in [3.05, 3.63) is 47.8 Å². The van der Waals surface area contributed by atoms with Crippen LogP contribution in [0.4, 0.5) is 11.4 Å². The highest BCUT2D eigenvalue weighted by atomic mass is 16.5. The normalized spacial score (nSPS) is 14.0. The van der Waals surface area contributed by atoms with Gasteiger partial charge in [0.05, 0.1) is 17.9 Å². The minimum atomic E-state index is -0.141. The summed E-state index contributed by atoms with van der Waals surface area (Å²) in [6.07, 6.45) is 2.32. The van der Waals surface area contributed by atoms with E-state index in [-0.39, 0.29) is 5.91 Å². The SMILES string of the molecule is Cc1cc(N)c(C(=O)N2CCCOc3ccccc32)cn1. The van der Waals surface area contributed by atoms with Crippen LogP contribution in [-0.4, -0.2) is 24.0 Å². The Morgan fingerprint density at radius 2 is 2.19 bits per heavy atom. The van der Waals surface area contributed by atoms with E-state index in [0.29, 0.717) is 24.4 Å². The summed E-state index contributed by atoms with van der Waals surface area (Å²) in [5.74, 6) is 0.583. The average Bonchev–Trinajstić information content (AvgIpc) is 2.69. The second-order valence-corrected chi connectivity index (χ2v) is 5.04. The van der Waals surface area contributed by atoms with Crippen LogP contribution in [0.3, 0.4) is 0 Å². The number of para-hydroxylation sites is 2. The zero-order valence-electron chi connectivity index (χ0n) is 11.9. The number of nitrogens with two attached hydrogens (primary N) is 1. The third-order valence-electron chi connectivity index (χ3n) is 3.49. The lowest BCUT2D eigenvalue weighted by Crippen LogP contribution is -2.32. The zero-order valence-corrected chi connectivity index (χ0v) is 11.9. The number of pyridine rings is 1. The predicted octanol–water partition coefficient (Wildman–Crippen LogP) is 2.40. The fraction of sp³-hybridized carbons (Fsp3) is 0.250. The highest BCUT2D eigenvalue weighted by molar-refractivity contribution is 6.09. The first kappa shape index (κ1) is 13.4. The molecule has 1 aromatic carbocycles. The Kier molecular flexibility index (Phi) is 3.48. The number of fused-ring (bicyclic) bond motifs is 1. The Bertz CT molecular complexity index is 685. The van der Waals surface area contributed by atoms with E-state index >= 15 is 0 Å². The molecule has 1 aromatic heterocycles. The molecule has 0 aliphatic carbocycles. The Labute approximate surface area is 123 Å². The predicted molar refractivity (Wildman–Crippen MR) is 81.6 cm³/mol. The van der Waals surface area contributed by atoms with Gasteiger partial charge in [-0.2, -0.15) is 0 Å². The minimum absolute atomic E-state index is 0.141. The van der Waals surface area contributed by atoms with E-state index in [1.54, 1.807) is 17.2 Å². The molecule has 5 heteroatoms. The summed E-state index contributed by atoms with van der Waals surface area (Å²) in [6.45, 7) is 3.05. The van der Waals surface area contributed by atoms with Crippen molar-refractivity contribution in [1.29, 1.82) is 0 Å². The first-order valence-electron chi connectivity index (χ1n) is 6.92. The van der Waals surface area contributed by atoms with Crippen molar-refractivity contribution in [2.24, 2.45) is 0 Å². The Hall–Kier alpha value is -2.56. The highest BCUT2D eigenvalue weighted by Gasteiger charge is 2.24. The third-order valence-corrected chi connectivity index (χ3v) is 3.49. The maximum atomic E-state index is 12.8. The molecule has 0 unspecified atom stereocenters. The van der Waals surface area contributed by atoms with Gasteiger partial charge in [-0.15, -0.1) is 0 Å². The molecule has 3 rings (SSSR count). The lowest BCUT2D eigenvalue weighted by molar-refractivity contribution is 0.0987. The zero-order chi connectivity index (χ0) is 14.8. The van der Waals surface area contributed by atoms with Gasteiger partial charge in [-0.25, -0.2) is 0 Å². The van der Waals surface area contributed by atoms with Crippen LogP contribution in [0.2, 0.25) is 0 Å². The number of rotatable bonds is 1. The number of anilines is 2. The van der Waals surface area contributed by atoms with E-state index in [9.17, 15) is 4.79 Å². The van der Waals surface area contributed by atoms with Gasteiger partial charge in [-0.1, -0.05) is 12.1 Å². The fourth-order valence-electron chi connectivity index (χ4n) is 2.44. The molecule has 2 heterocycles. The maximum absolute atomic E-state index is 12.8. The molecule has 0 radical (unpaired) electrons. The topological polar surface area (TPSA) is 68.5 Å². The molecule has 2 aromatic rings. The van der Waals surface area contributed by atoms with Crippen molar-refractivity contribution in [3.63, 3.8) is 0 Å². The smallest absolute Gasteiger partial charge is 0.262 e. The van der Waals surface area contributed by atoms with Gasteiger partial charge in [0, 0.05) is 24.1 Å². The number of aromatic nitrogens is 1. The van der Waals surface area contributed by atoms with Crippen LogP contribution in [0, 0.1) is 6.92 Å². The van der Waals surface area contributed by atoms with Gasteiger partial charge in [0.1, 0.15) is 5.75 Å². The van der Waals surface area contributed by atoms with Crippen LogP contribution in [0.1, 0.15) is 22.5 Å². The van der Waals surface area contributed by atoms with Crippen LogP contribution in [-0.2, 0) is 0 Å². The molecule has 21 heavy (non-hydrogen) atoms. The molecule has 0 atom stereocenters. The second kappa shape index (κ2) is 5.44. The summed E-state index contributed by atoms with van der Waals surface area (Å²) in [6, 6.07) is 9.26. The molecule has 1 aliphatic heterocycles. The third kappa shape index (κ3) is 2.54. The van der Waals surface area contributed by atoms with Gasteiger partial charge in [0.2, 0.25) is 0 Å². The van der Waals surface area contributed by atoms with Crippen LogP contribution >= 0.6 is 0 Å². The van der Waals surface area contributed by atoms with Crippen LogP contribution in [0.5, 0.6) is 5.75 Å². The number of carbonyl (C=O) groups is 1. The Morgan fingerprint density at radius 1 is 1.38 bits per heavy atom. The van der Waals surface area contributed by atoms with Gasteiger partial charge in [-0.05, 0) is 31.5 Å². The first-order chi connectivity index (χ1) is 10.2. The molecule has 0 saturated heterocycles. The number of nitrogen functional groups attached to an aromatic ring is 1. The van der Waals surface area contributed by atoms with E-state index < -0.39 is 0 Å². The second-order valence-electron chi connectivity index (χ2n) is 5.04. The quantitative estimate of drug-likeness (QED) is 0.872. The van der Waals surface area contributed by atoms with Gasteiger partial charge in [0.25, 0.3) is 5.91 Å². The summed E-state index contributed by atoms with van der Waals surface area (Å²) < 4.78 is 5.67. The standard InChI is InChI=1S/C16H17N3O2/c1-11-9-13(17)12(10-18-11)16(20)19-7-4-8-21-15-6-3-2-5-14(15)19/h2-3,5-6,9-10H,4,7-8H2,1H3,(H2,17,18). The number of aryl methyl sites for hydroxylation is 1. The van der Waals surface area contributed by atoms with Crippen LogP contribution in [0.15, 0.2) is 36.5 Å².